The van der Waals surface area contributed by atoms with E-state index < -0.39 is 0 Å². The van der Waals surface area contributed by atoms with Crippen LogP contribution in [0.25, 0.3) is 11.1 Å². The monoisotopic (exact) mass is 484 g/mol. The summed E-state index contributed by atoms with van der Waals surface area (Å²) in [6, 6.07) is 15.8. The fraction of sp³-hybridized carbons (Fsp3) is 0.483. The van der Waals surface area contributed by atoms with Crippen molar-refractivity contribution in [3.8, 4) is 11.1 Å². The maximum atomic E-state index is 12.6. The third-order valence-corrected chi connectivity index (χ3v) is 8.10. The molecule has 1 fully saturated rings. The largest absolute Gasteiger partial charge is 0.355 e. The number of nitrogens with zero attached hydrogens (tertiary/aromatic N) is 5. The number of likely N-dealkylation sites (tertiary alicyclic amines) is 1. The molecule has 3 aliphatic rings. The average Bonchev–Trinajstić information content (AvgIpc) is 3.39. The molecular formula is C29H36N6O. The van der Waals surface area contributed by atoms with Crippen LogP contribution in [0.5, 0.6) is 0 Å². The Balaban J connectivity index is 1.03. The van der Waals surface area contributed by atoms with Gasteiger partial charge in [0, 0.05) is 52.1 Å². The zero-order valence-corrected chi connectivity index (χ0v) is 21.2. The summed E-state index contributed by atoms with van der Waals surface area (Å²) in [6.45, 7) is 6.40. The summed E-state index contributed by atoms with van der Waals surface area (Å²) in [7, 11) is 2.09. The van der Waals surface area contributed by atoms with Gasteiger partial charge in [0.2, 0.25) is 5.91 Å². The number of hydrogen-bond donors (Lipinski definition) is 1. The van der Waals surface area contributed by atoms with Gasteiger partial charge in [-0.2, -0.15) is 0 Å². The van der Waals surface area contributed by atoms with Crippen molar-refractivity contribution in [2.45, 2.75) is 45.2 Å². The van der Waals surface area contributed by atoms with Gasteiger partial charge in [-0.25, -0.2) is 0 Å². The van der Waals surface area contributed by atoms with E-state index in [1.54, 1.807) is 0 Å². The van der Waals surface area contributed by atoms with E-state index in [1.807, 2.05) is 0 Å². The van der Waals surface area contributed by atoms with Crippen molar-refractivity contribution in [3.63, 3.8) is 0 Å². The lowest BCUT2D eigenvalue weighted by Crippen LogP contribution is -2.42. The molecule has 2 aromatic carbocycles. The second kappa shape index (κ2) is 10.1. The molecule has 1 aliphatic carbocycles. The Morgan fingerprint density at radius 2 is 1.92 bits per heavy atom. The topological polar surface area (TPSA) is 66.3 Å². The van der Waals surface area contributed by atoms with Crippen molar-refractivity contribution in [3.05, 3.63) is 70.8 Å². The summed E-state index contributed by atoms with van der Waals surface area (Å²) in [4.78, 5) is 17.4. The third-order valence-electron chi connectivity index (χ3n) is 8.10. The predicted molar refractivity (Wildman–Crippen MR) is 141 cm³/mol. The van der Waals surface area contributed by atoms with E-state index in [0.717, 1.165) is 83.0 Å². The molecule has 1 aromatic heterocycles. The van der Waals surface area contributed by atoms with Crippen molar-refractivity contribution in [1.82, 2.24) is 29.9 Å². The highest BCUT2D eigenvalue weighted by Crippen LogP contribution is 2.36. The van der Waals surface area contributed by atoms with Gasteiger partial charge in [-0.15, -0.1) is 10.2 Å². The van der Waals surface area contributed by atoms with Crippen LogP contribution in [0.3, 0.4) is 0 Å². The van der Waals surface area contributed by atoms with Crippen LogP contribution in [-0.4, -0.2) is 70.2 Å². The summed E-state index contributed by atoms with van der Waals surface area (Å²) in [5.74, 6) is 2.35. The molecule has 0 spiro atoms. The number of rotatable bonds is 6. The van der Waals surface area contributed by atoms with Gasteiger partial charge in [0.05, 0.1) is 5.92 Å². The first-order chi connectivity index (χ1) is 17.6. The van der Waals surface area contributed by atoms with E-state index in [0.29, 0.717) is 6.54 Å². The summed E-state index contributed by atoms with van der Waals surface area (Å²) < 4.78 is 2.28. The van der Waals surface area contributed by atoms with E-state index in [9.17, 15) is 4.79 Å². The van der Waals surface area contributed by atoms with Crippen LogP contribution < -0.4 is 5.32 Å². The van der Waals surface area contributed by atoms with Gasteiger partial charge < -0.3 is 14.8 Å². The second-order valence-corrected chi connectivity index (χ2v) is 10.7. The fourth-order valence-electron chi connectivity index (χ4n) is 6.15. The number of aromatic nitrogens is 3. The third kappa shape index (κ3) is 4.82. The molecule has 1 amide bonds. The maximum absolute atomic E-state index is 12.6. The average molecular weight is 485 g/mol. The number of hydrogen-bond acceptors (Lipinski definition) is 5. The Labute approximate surface area is 213 Å². The molecule has 1 unspecified atom stereocenters. The molecule has 3 heterocycles. The minimum Gasteiger partial charge on any atom is -0.355 e. The van der Waals surface area contributed by atoms with Crippen LogP contribution in [0.1, 0.15) is 41.2 Å². The van der Waals surface area contributed by atoms with Gasteiger partial charge in [-0.3, -0.25) is 9.69 Å². The maximum Gasteiger partial charge on any atom is 0.224 e. The number of piperidine rings is 1. The smallest absolute Gasteiger partial charge is 0.224 e. The quantitative estimate of drug-likeness (QED) is 0.456. The number of carbonyl (C=O) groups is 1. The van der Waals surface area contributed by atoms with Gasteiger partial charge in [0.15, 0.2) is 0 Å². The Morgan fingerprint density at radius 1 is 1.03 bits per heavy atom. The van der Waals surface area contributed by atoms with Crippen LogP contribution in [-0.2, 0) is 37.1 Å². The molecular weight excluding hydrogens is 448 g/mol. The molecule has 3 aromatic rings. The molecule has 1 atom stereocenters. The summed E-state index contributed by atoms with van der Waals surface area (Å²) >= 11 is 0. The van der Waals surface area contributed by atoms with E-state index >= 15 is 0 Å². The van der Waals surface area contributed by atoms with Crippen molar-refractivity contribution < 1.29 is 4.79 Å². The van der Waals surface area contributed by atoms with Crippen molar-refractivity contribution in [2.75, 3.05) is 39.8 Å². The number of benzene rings is 2. The number of amides is 1. The molecule has 0 saturated carbocycles. The number of fused-ring (bicyclic) bond motifs is 4. The predicted octanol–water partition coefficient (Wildman–Crippen LogP) is 2.91. The molecule has 1 N–H and O–H groups in total. The zero-order chi connectivity index (χ0) is 24.5. The van der Waals surface area contributed by atoms with Gasteiger partial charge in [0.1, 0.15) is 11.6 Å². The minimum absolute atomic E-state index is 0.112. The molecule has 0 bridgehead atoms. The van der Waals surface area contributed by atoms with Crippen LogP contribution >= 0.6 is 0 Å². The van der Waals surface area contributed by atoms with Gasteiger partial charge in [0.25, 0.3) is 0 Å². The highest BCUT2D eigenvalue weighted by atomic mass is 16.1. The second-order valence-electron chi connectivity index (χ2n) is 10.7. The lowest BCUT2D eigenvalue weighted by molar-refractivity contribution is -0.126. The molecule has 1 saturated heterocycles. The minimum atomic E-state index is 0.112. The molecule has 36 heavy (non-hydrogen) atoms. The first kappa shape index (κ1) is 23.4. The molecule has 188 valence electrons. The highest BCUT2D eigenvalue weighted by Gasteiger charge is 2.24. The molecule has 7 heteroatoms. The van der Waals surface area contributed by atoms with Crippen LogP contribution in [0.15, 0.2) is 42.5 Å². The summed E-state index contributed by atoms with van der Waals surface area (Å²) in [5.41, 5.74) is 7.05. The van der Waals surface area contributed by atoms with E-state index in [-0.39, 0.29) is 11.8 Å². The van der Waals surface area contributed by atoms with Crippen LogP contribution in [0.4, 0.5) is 0 Å². The van der Waals surface area contributed by atoms with Gasteiger partial charge in [-0.1, -0.05) is 42.5 Å². The fourth-order valence-corrected chi connectivity index (χ4v) is 6.15. The highest BCUT2D eigenvalue weighted by molar-refractivity contribution is 5.79. The summed E-state index contributed by atoms with van der Waals surface area (Å²) in [6.07, 6.45) is 4.76. The van der Waals surface area contributed by atoms with Crippen molar-refractivity contribution in [2.24, 2.45) is 5.92 Å². The van der Waals surface area contributed by atoms with E-state index in [2.05, 4.69) is 79.4 Å². The van der Waals surface area contributed by atoms with Gasteiger partial charge >= 0.3 is 0 Å². The first-order valence-electron chi connectivity index (χ1n) is 13.4. The number of carbonyl (C=O) groups excluding carboxylic acids is 1. The van der Waals surface area contributed by atoms with Crippen molar-refractivity contribution >= 4 is 5.91 Å². The van der Waals surface area contributed by atoms with E-state index in [4.69, 9.17) is 0 Å². The van der Waals surface area contributed by atoms with Gasteiger partial charge in [-0.05, 0) is 60.7 Å². The van der Waals surface area contributed by atoms with Crippen molar-refractivity contribution in [1.29, 1.82) is 0 Å². The molecule has 0 radical (unpaired) electrons. The lowest BCUT2D eigenvalue weighted by atomic mass is 9.97. The Bertz CT molecular complexity index is 1250. The normalized spacial score (nSPS) is 19.9. The van der Waals surface area contributed by atoms with Crippen LogP contribution in [0.2, 0.25) is 0 Å². The standard InChI is InChI=1S/C29H36N6O/c1-33-13-4-6-23(20-33)29(36)30-12-10-27-31-32-28-11-14-34(15-16-35(27)28)19-21-8-9-26-24(17-21)18-22-5-2-3-7-25(22)26/h2-3,5,7-9,17,23H,4,6,10-16,18-20H2,1H3,(H,30,36). The Hall–Kier alpha value is -3.03. The SMILES string of the molecule is CN1CCCC(C(=O)NCCc2nnc3n2CCN(Cc2ccc4c(c2)Cc2ccccc2-4)CC3)C1. The van der Waals surface area contributed by atoms with Crippen LogP contribution in [0, 0.1) is 5.92 Å². The molecule has 2 aliphatic heterocycles. The zero-order valence-electron chi connectivity index (χ0n) is 21.2. The van der Waals surface area contributed by atoms with E-state index in [1.165, 1.54) is 27.8 Å². The first-order valence-corrected chi connectivity index (χ1v) is 13.4. The number of nitrogens with one attached hydrogen (secondary N) is 1. The Kier molecular flexibility index (Phi) is 6.59. The molecule has 7 nitrogen and oxygen atoms in total. The Morgan fingerprint density at radius 3 is 2.83 bits per heavy atom. The lowest BCUT2D eigenvalue weighted by Gasteiger charge is -2.28. The summed E-state index contributed by atoms with van der Waals surface area (Å²) in [5, 5.41) is 12.1. The molecule has 6 rings (SSSR count).